The third-order valence-corrected chi connectivity index (χ3v) is 2.86. The van der Waals surface area contributed by atoms with Gasteiger partial charge in [0.15, 0.2) is 0 Å². The van der Waals surface area contributed by atoms with Gasteiger partial charge in [0.25, 0.3) is 0 Å². The highest BCUT2D eigenvalue weighted by atomic mass is 16.4. The van der Waals surface area contributed by atoms with E-state index in [4.69, 9.17) is 5.11 Å². The molecule has 0 spiro atoms. The number of aromatic carboxylic acids is 1. The fourth-order valence-corrected chi connectivity index (χ4v) is 1.62. The quantitative estimate of drug-likeness (QED) is 0.815. The molecule has 2 rings (SSSR count). The van der Waals surface area contributed by atoms with E-state index < -0.39 is 5.97 Å². The minimum Gasteiger partial charge on any atom is -0.478 e. The van der Waals surface area contributed by atoms with Gasteiger partial charge in [0.1, 0.15) is 0 Å². The van der Waals surface area contributed by atoms with Crippen LogP contribution in [0.2, 0.25) is 0 Å². The molecule has 17 heavy (non-hydrogen) atoms. The molecule has 2 N–H and O–H groups in total. The van der Waals surface area contributed by atoms with Crippen LogP contribution in [0.15, 0.2) is 24.3 Å². The van der Waals surface area contributed by atoms with Crippen molar-refractivity contribution >= 4 is 11.9 Å². The van der Waals surface area contributed by atoms with Gasteiger partial charge in [0.05, 0.1) is 5.56 Å². The maximum atomic E-state index is 11.4. The van der Waals surface area contributed by atoms with E-state index in [1.165, 1.54) is 12.8 Å². The number of rotatable bonds is 5. The summed E-state index contributed by atoms with van der Waals surface area (Å²) in [6, 6.07) is 6.54. The number of hydrogen-bond acceptors (Lipinski definition) is 2. The van der Waals surface area contributed by atoms with E-state index in [-0.39, 0.29) is 11.5 Å². The van der Waals surface area contributed by atoms with Crippen LogP contribution in [0.3, 0.4) is 0 Å². The van der Waals surface area contributed by atoms with Gasteiger partial charge in [0, 0.05) is 13.0 Å². The molecule has 1 amide bonds. The largest absolute Gasteiger partial charge is 0.478 e. The van der Waals surface area contributed by atoms with E-state index in [9.17, 15) is 9.59 Å². The Bertz CT molecular complexity index is 421. The molecule has 0 bridgehead atoms. The predicted octanol–water partition coefficient (Wildman–Crippen LogP) is 1.80. The molecule has 4 heteroatoms. The molecule has 0 unspecified atom stereocenters. The Hall–Kier alpha value is -1.84. The van der Waals surface area contributed by atoms with Gasteiger partial charge in [-0.3, -0.25) is 4.79 Å². The SMILES string of the molecule is O=C(CC1CC1)NCc1ccc(C(=O)O)cc1. The van der Waals surface area contributed by atoms with Crippen molar-refractivity contribution in [2.24, 2.45) is 5.92 Å². The summed E-state index contributed by atoms with van der Waals surface area (Å²) in [7, 11) is 0. The maximum absolute atomic E-state index is 11.4. The van der Waals surface area contributed by atoms with Gasteiger partial charge in [-0.1, -0.05) is 12.1 Å². The highest BCUT2D eigenvalue weighted by Crippen LogP contribution is 2.32. The highest BCUT2D eigenvalue weighted by Gasteiger charge is 2.23. The van der Waals surface area contributed by atoms with Crippen LogP contribution in [-0.2, 0) is 11.3 Å². The summed E-state index contributed by atoms with van der Waals surface area (Å²) in [5.41, 5.74) is 1.18. The molecule has 1 saturated carbocycles. The molecular weight excluding hydrogens is 218 g/mol. The minimum absolute atomic E-state index is 0.0785. The molecule has 4 nitrogen and oxygen atoms in total. The van der Waals surface area contributed by atoms with Crippen LogP contribution < -0.4 is 5.32 Å². The van der Waals surface area contributed by atoms with Crippen molar-refractivity contribution in [2.75, 3.05) is 0 Å². The first-order valence-corrected chi connectivity index (χ1v) is 5.74. The Morgan fingerprint density at radius 3 is 2.41 bits per heavy atom. The van der Waals surface area contributed by atoms with E-state index in [2.05, 4.69) is 5.32 Å². The fraction of sp³-hybridized carbons (Fsp3) is 0.385. The van der Waals surface area contributed by atoms with Crippen LogP contribution in [0, 0.1) is 5.92 Å². The molecule has 1 aromatic carbocycles. The summed E-state index contributed by atoms with van der Waals surface area (Å²) in [6.07, 6.45) is 2.95. The smallest absolute Gasteiger partial charge is 0.335 e. The zero-order chi connectivity index (χ0) is 12.3. The number of nitrogens with one attached hydrogen (secondary N) is 1. The van der Waals surface area contributed by atoms with Gasteiger partial charge >= 0.3 is 5.97 Å². The van der Waals surface area contributed by atoms with E-state index in [1.54, 1.807) is 24.3 Å². The van der Waals surface area contributed by atoms with Crippen LogP contribution in [-0.4, -0.2) is 17.0 Å². The number of benzene rings is 1. The normalized spacial score (nSPS) is 14.4. The molecule has 1 aromatic rings. The molecule has 1 fully saturated rings. The van der Waals surface area contributed by atoms with Gasteiger partial charge in [-0.05, 0) is 36.5 Å². The second-order valence-electron chi connectivity index (χ2n) is 4.43. The standard InChI is InChI=1S/C13H15NO3/c15-12(7-9-1-2-9)14-8-10-3-5-11(6-4-10)13(16)17/h3-6,9H,1-2,7-8H2,(H,14,15)(H,16,17). The molecule has 0 aromatic heterocycles. The minimum atomic E-state index is -0.936. The monoisotopic (exact) mass is 233 g/mol. The number of carbonyl (C=O) groups is 2. The van der Waals surface area contributed by atoms with E-state index in [0.29, 0.717) is 18.9 Å². The molecular formula is C13H15NO3. The Labute approximate surface area is 99.6 Å². The number of hydrogen-bond donors (Lipinski definition) is 2. The molecule has 1 aliphatic carbocycles. The van der Waals surface area contributed by atoms with Crippen LogP contribution in [0.1, 0.15) is 35.2 Å². The van der Waals surface area contributed by atoms with E-state index in [1.807, 2.05) is 0 Å². The van der Waals surface area contributed by atoms with E-state index in [0.717, 1.165) is 5.56 Å². The molecule has 0 radical (unpaired) electrons. The van der Waals surface area contributed by atoms with Crippen LogP contribution in [0.4, 0.5) is 0 Å². The van der Waals surface area contributed by atoms with Crippen molar-refractivity contribution in [3.63, 3.8) is 0 Å². The molecule has 0 atom stereocenters. The third kappa shape index (κ3) is 3.59. The third-order valence-electron chi connectivity index (χ3n) is 2.86. The fourth-order valence-electron chi connectivity index (χ4n) is 1.62. The Balaban J connectivity index is 1.81. The summed E-state index contributed by atoms with van der Waals surface area (Å²) < 4.78 is 0. The molecule has 0 aliphatic heterocycles. The molecule has 0 heterocycles. The van der Waals surface area contributed by atoms with Crippen molar-refractivity contribution < 1.29 is 14.7 Å². The van der Waals surface area contributed by atoms with Gasteiger partial charge in [-0.2, -0.15) is 0 Å². The van der Waals surface area contributed by atoms with Crippen LogP contribution in [0.25, 0.3) is 0 Å². The number of carbonyl (C=O) groups excluding carboxylic acids is 1. The summed E-state index contributed by atoms with van der Waals surface area (Å²) in [5.74, 6) is -0.270. The number of carboxylic acids is 1. The molecule has 1 aliphatic rings. The lowest BCUT2D eigenvalue weighted by Crippen LogP contribution is -2.22. The predicted molar refractivity (Wildman–Crippen MR) is 62.6 cm³/mol. The average Bonchev–Trinajstić information content (AvgIpc) is 3.11. The van der Waals surface area contributed by atoms with Crippen molar-refractivity contribution in [2.45, 2.75) is 25.8 Å². The van der Waals surface area contributed by atoms with E-state index >= 15 is 0 Å². The number of amides is 1. The average molecular weight is 233 g/mol. The van der Waals surface area contributed by atoms with Crippen molar-refractivity contribution in [1.29, 1.82) is 0 Å². The summed E-state index contributed by atoms with van der Waals surface area (Å²) in [4.78, 5) is 22.1. The van der Waals surface area contributed by atoms with Crippen molar-refractivity contribution in [3.8, 4) is 0 Å². The topological polar surface area (TPSA) is 66.4 Å². The second kappa shape index (κ2) is 4.99. The summed E-state index contributed by atoms with van der Waals surface area (Å²) in [6.45, 7) is 0.464. The highest BCUT2D eigenvalue weighted by molar-refractivity contribution is 5.87. The lowest BCUT2D eigenvalue weighted by molar-refractivity contribution is -0.121. The van der Waals surface area contributed by atoms with Crippen LogP contribution in [0.5, 0.6) is 0 Å². The summed E-state index contributed by atoms with van der Waals surface area (Å²) >= 11 is 0. The van der Waals surface area contributed by atoms with Crippen molar-refractivity contribution in [1.82, 2.24) is 5.32 Å². The first-order chi connectivity index (χ1) is 8.15. The Kier molecular flexibility index (Phi) is 3.42. The first-order valence-electron chi connectivity index (χ1n) is 5.74. The van der Waals surface area contributed by atoms with Gasteiger partial charge < -0.3 is 10.4 Å². The first kappa shape index (κ1) is 11.6. The van der Waals surface area contributed by atoms with Crippen molar-refractivity contribution in [3.05, 3.63) is 35.4 Å². The lowest BCUT2D eigenvalue weighted by Gasteiger charge is -2.05. The Morgan fingerprint density at radius 1 is 1.24 bits per heavy atom. The lowest BCUT2D eigenvalue weighted by atomic mass is 10.1. The number of carboxylic acid groups (broad SMARTS) is 1. The van der Waals surface area contributed by atoms with Crippen LogP contribution >= 0.6 is 0 Å². The van der Waals surface area contributed by atoms with Gasteiger partial charge in [-0.25, -0.2) is 4.79 Å². The molecule has 0 saturated heterocycles. The van der Waals surface area contributed by atoms with Gasteiger partial charge in [0.2, 0.25) is 5.91 Å². The van der Waals surface area contributed by atoms with Gasteiger partial charge in [-0.15, -0.1) is 0 Å². The zero-order valence-corrected chi connectivity index (χ0v) is 9.48. The second-order valence-corrected chi connectivity index (χ2v) is 4.43. The summed E-state index contributed by atoms with van der Waals surface area (Å²) in [5, 5.41) is 11.6. The maximum Gasteiger partial charge on any atom is 0.335 e. The Morgan fingerprint density at radius 2 is 1.88 bits per heavy atom. The molecule has 90 valence electrons. The zero-order valence-electron chi connectivity index (χ0n) is 9.48.